The summed E-state index contributed by atoms with van der Waals surface area (Å²) in [5, 5.41) is 11.3. The molecule has 0 bridgehead atoms. The maximum absolute atomic E-state index is 13.9. The van der Waals surface area contributed by atoms with Gasteiger partial charge in [-0.2, -0.15) is 0 Å². The second-order valence-corrected chi connectivity index (χ2v) is 8.75. The van der Waals surface area contributed by atoms with E-state index in [0.29, 0.717) is 0 Å². The predicted molar refractivity (Wildman–Crippen MR) is 123 cm³/mol. The van der Waals surface area contributed by atoms with Crippen molar-refractivity contribution in [2.75, 3.05) is 25.2 Å². The Kier molecular flexibility index (Phi) is 5.28. The fraction of sp³-hybridized carbons (Fsp3) is 0.320. The van der Waals surface area contributed by atoms with E-state index in [4.69, 9.17) is 4.74 Å². The lowest BCUT2D eigenvalue weighted by Crippen LogP contribution is -2.49. The summed E-state index contributed by atoms with van der Waals surface area (Å²) < 4.78 is 5.07. The summed E-state index contributed by atoms with van der Waals surface area (Å²) in [6, 6.07) is 11.6. The van der Waals surface area contributed by atoms with Crippen LogP contribution in [-0.2, 0) is 14.3 Å². The highest BCUT2D eigenvalue weighted by molar-refractivity contribution is 6.14. The Morgan fingerprint density at radius 1 is 1.09 bits per heavy atom. The summed E-state index contributed by atoms with van der Waals surface area (Å²) in [7, 11) is 1.49. The van der Waals surface area contributed by atoms with Crippen LogP contribution < -0.4 is 4.90 Å². The van der Waals surface area contributed by atoms with Gasteiger partial charge in [-0.15, -0.1) is 0 Å². The maximum Gasteiger partial charge on any atom is 0.270 e. The molecule has 4 atom stereocenters. The summed E-state index contributed by atoms with van der Waals surface area (Å²) in [5.41, 5.74) is 2.59. The van der Waals surface area contributed by atoms with E-state index in [1.165, 1.54) is 36.3 Å². The van der Waals surface area contributed by atoms with E-state index in [1.807, 2.05) is 42.2 Å². The fourth-order valence-corrected chi connectivity index (χ4v) is 5.51. The van der Waals surface area contributed by atoms with Crippen LogP contribution in [0.4, 0.5) is 11.4 Å². The first-order valence-electron chi connectivity index (χ1n) is 11.0. The number of carbonyl (C=O) groups is 3. The van der Waals surface area contributed by atoms with Gasteiger partial charge < -0.3 is 9.64 Å². The second-order valence-electron chi connectivity index (χ2n) is 8.75. The van der Waals surface area contributed by atoms with E-state index in [1.54, 1.807) is 0 Å². The Morgan fingerprint density at radius 3 is 2.56 bits per heavy atom. The minimum atomic E-state index is -0.966. The number of anilines is 1. The third-order valence-corrected chi connectivity index (χ3v) is 6.98. The molecule has 34 heavy (non-hydrogen) atoms. The van der Waals surface area contributed by atoms with Crippen molar-refractivity contribution in [2.24, 2.45) is 11.8 Å². The largest absolute Gasteiger partial charge is 0.383 e. The van der Waals surface area contributed by atoms with E-state index in [9.17, 15) is 24.5 Å². The first-order valence-corrected chi connectivity index (χ1v) is 11.0. The van der Waals surface area contributed by atoms with E-state index in [-0.39, 0.29) is 30.3 Å². The minimum Gasteiger partial charge on any atom is -0.383 e. The molecule has 0 N–H and O–H groups in total. The highest BCUT2D eigenvalue weighted by Crippen LogP contribution is 2.50. The van der Waals surface area contributed by atoms with Gasteiger partial charge >= 0.3 is 0 Å². The molecule has 0 unspecified atom stereocenters. The molecular weight excluding hydrogens is 438 g/mol. The number of nitro benzene ring substituents is 1. The van der Waals surface area contributed by atoms with Gasteiger partial charge in [0.15, 0.2) is 5.78 Å². The number of imide groups is 1. The fourth-order valence-electron chi connectivity index (χ4n) is 5.51. The number of hydrogen-bond acceptors (Lipinski definition) is 7. The van der Waals surface area contributed by atoms with Crippen LogP contribution in [0.25, 0.3) is 5.57 Å². The van der Waals surface area contributed by atoms with Gasteiger partial charge in [-0.05, 0) is 18.6 Å². The van der Waals surface area contributed by atoms with Gasteiger partial charge in [-0.1, -0.05) is 36.4 Å². The average Bonchev–Trinajstić information content (AvgIpc) is 3.30. The van der Waals surface area contributed by atoms with Crippen molar-refractivity contribution in [3.63, 3.8) is 0 Å². The molecule has 2 amide bonds. The molecule has 0 aliphatic carbocycles. The summed E-state index contributed by atoms with van der Waals surface area (Å²) in [5.74, 6) is -2.76. The lowest BCUT2D eigenvalue weighted by atomic mass is 9.85. The molecule has 0 spiro atoms. The number of methoxy groups -OCH3 is 1. The number of nitro groups is 1. The van der Waals surface area contributed by atoms with Crippen molar-refractivity contribution in [2.45, 2.75) is 19.0 Å². The molecule has 9 nitrogen and oxygen atoms in total. The topological polar surface area (TPSA) is 110 Å². The highest BCUT2D eigenvalue weighted by atomic mass is 16.6. The van der Waals surface area contributed by atoms with Gasteiger partial charge in [-0.3, -0.25) is 29.4 Å². The van der Waals surface area contributed by atoms with Crippen LogP contribution in [0.3, 0.4) is 0 Å². The number of ketones is 1. The zero-order valence-electron chi connectivity index (χ0n) is 18.7. The Bertz CT molecular complexity index is 1250. The smallest absolute Gasteiger partial charge is 0.270 e. The van der Waals surface area contributed by atoms with Crippen molar-refractivity contribution in [1.29, 1.82) is 0 Å². The highest BCUT2D eigenvalue weighted by Gasteiger charge is 2.64. The van der Waals surface area contributed by atoms with Gasteiger partial charge in [0.25, 0.3) is 5.69 Å². The Labute approximate surface area is 195 Å². The number of Topliss-reactive ketones (excluding diaryl/α,β-unsaturated/α-hetero) is 1. The van der Waals surface area contributed by atoms with Crippen molar-refractivity contribution in [1.82, 2.24) is 4.90 Å². The quantitative estimate of drug-likeness (QED) is 0.282. The zero-order chi connectivity index (χ0) is 24.1. The zero-order valence-corrected chi connectivity index (χ0v) is 18.7. The minimum absolute atomic E-state index is 0.116. The number of ether oxygens (including phenoxy) is 1. The molecule has 2 saturated heterocycles. The molecule has 174 valence electrons. The molecule has 2 aromatic rings. The van der Waals surface area contributed by atoms with Crippen LogP contribution in [0.5, 0.6) is 0 Å². The average molecular weight is 461 g/mol. The predicted octanol–water partition coefficient (Wildman–Crippen LogP) is 2.70. The molecule has 0 saturated carbocycles. The van der Waals surface area contributed by atoms with Crippen LogP contribution in [0.1, 0.15) is 22.8 Å². The molecule has 0 radical (unpaired) electrons. The van der Waals surface area contributed by atoms with E-state index in [0.717, 1.165) is 16.8 Å². The van der Waals surface area contributed by atoms with Crippen molar-refractivity contribution < 1.29 is 24.0 Å². The molecule has 2 aromatic carbocycles. The first kappa shape index (κ1) is 22.0. The second kappa shape index (κ2) is 8.18. The molecule has 3 aliphatic heterocycles. The maximum atomic E-state index is 13.9. The van der Waals surface area contributed by atoms with Crippen molar-refractivity contribution >= 4 is 34.5 Å². The molecule has 9 heteroatoms. The first-order chi connectivity index (χ1) is 16.3. The van der Waals surface area contributed by atoms with Gasteiger partial charge in [0.2, 0.25) is 11.8 Å². The van der Waals surface area contributed by atoms with E-state index >= 15 is 0 Å². The number of amides is 2. The number of para-hydroxylation sites is 1. The Hall–Kier alpha value is -3.85. The van der Waals surface area contributed by atoms with Gasteiger partial charge in [0.05, 0.1) is 36.0 Å². The van der Waals surface area contributed by atoms with Gasteiger partial charge in [0, 0.05) is 36.1 Å². The number of rotatable bonds is 6. The van der Waals surface area contributed by atoms with Gasteiger partial charge in [-0.25, -0.2) is 0 Å². The summed E-state index contributed by atoms with van der Waals surface area (Å²) in [4.78, 5) is 54.6. The van der Waals surface area contributed by atoms with Crippen LogP contribution in [0.15, 0.2) is 54.6 Å². The number of carbonyl (C=O) groups excluding carboxylic acids is 3. The molecule has 2 fully saturated rings. The van der Waals surface area contributed by atoms with E-state index in [2.05, 4.69) is 0 Å². The van der Waals surface area contributed by atoms with Gasteiger partial charge in [0.1, 0.15) is 6.04 Å². The number of likely N-dealkylation sites (tertiary alicyclic amines) is 1. The lowest BCUT2D eigenvalue weighted by molar-refractivity contribution is -0.384. The van der Waals surface area contributed by atoms with Crippen molar-refractivity contribution in [3.8, 4) is 0 Å². The number of hydrogen-bond donors (Lipinski definition) is 0. The number of allylic oxidation sites excluding steroid dienone is 1. The monoisotopic (exact) mass is 461 g/mol. The van der Waals surface area contributed by atoms with Crippen LogP contribution in [0, 0.1) is 22.0 Å². The Morgan fingerprint density at radius 2 is 1.82 bits per heavy atom. The van der Waals surface area contributed by atoms with E-state index < -0.39 is 40.5 Å². The van der Waals surface area contributed by atoms with Crippen LogP contribution >= 0.6 is 0 Å². The summed E-state index contributed by atoms with van der Waals surface area (Å²) in [6.07, 6.45) is 1.95. The number of fused-ring (bicyclic) bond motifs is 5. The lowest BCUT2D eigenvalue weighted by Gasteiger charge is -2.38. The normalized spacial score (nSPS) is 25.1. The molecule has 5 rings (SSSR count). The molecular formula is C25H23N3O6. The molecule has 3 aliphatic rings. The SMILES string of the molecule is COCCN1C(=O)[C@@H]2[C@H](C1=O)[C@H](C(=O)c1cccc([N+](=O)[O-])c1)N1c3ccccc3C(C)=C[C@@H]21. The summed E-state index contributed by atoms with van der Waals surface area (Å²) >= 11 is 0. The molecule has 3 heterocycles. The molecule has 0 aromatic heterocycles. The van der Waals surface area contributed by atoms with Crippen molar-refractivity contribution in [3.05, 3.63) is 75.8 Å². The standard InChI is InChI=1S/C25H23N3O6/c1-14-12-19-20-21(25(31)26(24(20)30)10-11-34-2)22(27(19)18-9-4-3-8-17(14)18)23(29)15-6-5-7-16(13-15)28(32)33/h3-9,12-13,19-22H,10-11H2,1-2H3/t19-,20-,21-,22+/m0/s1. The Balaban J connectivity index is 1.65. The number of non-ortho nitro benzene ring substituents is 1. The number of nitrogens with zero attached hydrogens (tertiary/aromatic N) is 3. The van der Waals surface area contributed by atoms with Crippen LogP contribution in [-0.4, -0.2) is 59.8 Å². The third-order valence-electron chi connectivity index (χ3n) is 6.98. The number of benzene rings is 2. The summed E-state index contributed by atoms with van der Waals surface area (Å²) in [6.45, 7) is 2.27. The van der Waals surface area contributed by atoms with Crippen LogP contribution in [0.2, 0.25) is 0 Å². The third kappa shape index (κ3) is 3.15.